The third-order valence-electron chi connectivity index (χ3n) is 4.95. The molecule has 1 aromatic heterocycles. The van der Waals surface area contributed by atoms with Crippen molar-refractivity contribution < 1.29 is 9.15 Å². The standard InChI is InChI=1S/C19H29N3O2/c1-3-16-15-21(11-12-22(16)13-14-23-2)10-6-9-19-20-17-7-4-5-8-18(17)24-19/h4-5,7-8,16H,3,6,9-15H2,1-2H3/t16-/m0/s1. The molecule has 2 aromatic rings. The van der Waals surface area contributed by atoms with Crippen LogP contribution in [0.25, 0.3) is 11.1 Å². The van der Waals surface area contributed by atoms with E-state index < -0.39 is 0 Å². The quantitative estimate of drug-likeness (QED) is 0.744. The lowest BCUT2D eigenvalue weighted by Crippen LogP contribution is -2.53. The Morgan fingerprint density at radius 3 is 2.92 bits per heavy atom. The van der Waals surface area contributed by atoms with E-state index in [1.54, 1.807) is 7.11 Å². The first-order chi connectivity index (χ1) is 11.8. The van der Waals surface area contributed by atoms with Gasteiger partial charge in [0, 0.05) is 45.8 Å². The van der Waals surface area contributed by atoms with Crippen molar-refractivity contribution in [2.75, 3.05) is 46.4 Å². The molecule has 0 unspecified atom stereocenters. The van der Waals surface area contributed by atoms with Gasteiger partial charge in [0.2, 0.25) is 0 Å². The molecule has 0 amide bonds. The van der Waals surface area contributed by atoms with Gasteiger partial charge in [-0.15, -0.1) is 0 Å². The lowest BCUT2D eigenvalue weighted by molar-refractivity contribution is 0.0492. The van der Waals surface area contributed by atoms with Crippen molar-refractivity contribution in [2.24, 2.45) is 0 Å². The van der Waals surface area contributed by atoms with Crippen LogP contribution in [0.4, 0.5) is 0 Å². The van der Waals surface area contributed by atoms with Gasteiger partial charge < -0.3 is 14.1 Å². The Kier molecular flexibility index (Phi) is 6.24. The normalized spacial score (nSPS) is 20.0. The van der Waals surface area contributed by atoms with E-state index in [0.29, 0.717) is 6.04 Å². The molecule has 1 saturated heterocycles. The van der Waals surface area contributed by atoms with E-state index in [1.807, 2.05) is 24.3 Å². The second-order valence-corrected chi connectivity index (χ2v) is 6.57. The highest BCUT2D eigenvalue weighted by molar-refractivity contribution is 5.72. The van der Waals surface area contributed by atoms with Crippen molar-refractivity contribution in [3.05, 3.63) is 30.2 Å². The maximum Gasteiger partial charge on any atom is 0.195 e. The molecule has 5 nitrogen and oxygen atoms in total. The number of piperazine rings is 1. The first kappa shape index (κ1) is 17.4. The van der Waals surface area contributed by atoms with E-state index in [4.69, 9.17) is 9.15 Å². The zero-order valence-corrected chi connectivity index (χ0v) is 14.9. The monoisotopic (exact) mass is 331 g/mol. The topological polar surface area (TPSA) is 41.7 Å². The van der Waals surface area contributed by atoms with Gasteiger partial charge in [-0.25, -0.2) is 4.98 Å². The molecule has 132 valence electrons. The maximum atomic E-state index is 5.81. The summed E-state index contributed by atoms with van der Waals surface area (Å²) in [4.78, 5) is 9.72. The molecular weight excluding hydrogens is 302 g/mol. The van der Waals surface area contributed by atoms with Crippen molar-refractivity contribution in [1.29, 1.82) is 0 Å². The third kappa shape index (κ3) is 4.35. The maximum absolute atomic E-state index is 5.81. The fourth-order valence-electron chi connectivity index (χ4n) is 3.53. The predicted molar refractivity (Wildman–Crippen MR) is 96.3 cm³/mol. The van der Waals surface area contributed by atoms with Crippen LogP contribution in [0.3, 0.4) is 0 Å². The molecule has 1 aliphatic heterocycles. The smallest absolute Gasteiger partial charge is 0.195 e. The first-order valence-corrected chi connectivity index (χ1v) is 9.10. The highest BCUT2D eigenvalue weighted by atomic mass is 16.5. The summed E-state index contributed by atoms with van der Waals surface area (Å²) in [7, 11) is 1.78. The molecule has 0 saturated carbocycles. The van der Waals surface area contributed by atoms with Crippen LogP contribution in [-0.4, -0.2) is 67.3 Å². The Hall–Kier alpha value is -1.43. The van der Waals surface area contributed by atoms with Crippen molar-refractivity contribution in [2.45, 2.75) is 32.2 Å². The molecule has 1 aromatic carbocycles. The molecule has 2 heterocycles. The van der Waals surface area contributed by atoms with Gasteiger partial charge in [0.05, 0.1) is 6.61 Å². The van der Waals surface area contributed by atoms with Gasteiger partial charge >= 0.3 is 0 Å². The molecule has 1 aliphatic rings. The number of aromatic nitrogens is 1. The molecule has 0 aliphatic carbocycles. The van der Waals surface area contributed by atoms with Crippen LogP contribution in [0.5, 0.6) is 0 Å². The largest absolute Gasteiger partial charge is 0.441 e. The summed E-state index contributed by atoms with van der Waals surface area (Å²) < 4.78 is 11.0. The third-order valence-corrected chi connectivity index (χ3v) is 4.95. The van der Waals surface area contributed by atoms with E-state index in [2.05, 4.69) is 21.7 Å². The van der Waals surface area contributed by atoms with Gasteiger partial charge in [-0.2, -0.15) is 0 Å². The Balaban J connectivity index is 1.45. The van der Waals surface area contributed by atoms with Crippen LogP contribution in [0, 0.1) is 0 Å². The molecule has 0 spiro atoms. The van der Waals surface area contributed by atoms with Gasteiger partial charge in [0.25, 0.3) is 0 Å². The van der Waals surface area contributed by atoms with E-state index >= 15 is 0 Å². The minimum Gasteiger partial charge on any atom is -0.441 e. The molecule has 0 radical (unpaired) electrons. The van der Waals surface area contributed by atoms with Crippen LogP contribution < -0.4 is 0 Å². The minimum atomic E-state index is 0.651. The summed E-state index contributed by atoms with van der Waals surface area (Å²) in [6.07, 6.45) is 3.21. The fraction of sp³-hybridized carbons (Fsp3) is 0.632. The Bertz CT molecular complexity index is 595. The molecule has 5 heteroatoms. The molecule has 1 atom stereocenters. The van der Waals surface area contributed by atoms with E-state index in [-0.39, 0.29) is 0 Å². The SMILES string of the molecule is CC[C@H]1CN(CCCc2nc3ccccc3o2)CCN1CCOC. The van der Waals surface area contributed by atoms with E-state index in [9.17, 15) is 0 Å². The molecule has 24 heavy (non-hydrogen) atoms. The molecular formula is C19H29N3O2. The number of hydrogen-bond acceptors (Lipinski definition) is 5. The Morgan fingerprint density at radius 1 is 1.25 bits per heavy atom. The van der Waals surface area contributed by atoms with Crippen LogP contribution in [0.1, 0.15) is 25.7 Å². The van der Waals surface area contributed by atoms with E-state index in [0.717, 1.165) is 69.2 Å². The number of fused-ring (bicyclic) bond motifs is 1. The van der Waals surface area contributed by atoms with Crippen molar-refractivity contribution >= 4 is 11.1 Å². The summed E-state index contributed by atoms with van der Waals surface area (Å²) in [5.74, 6) is 0.863. The van der Waals surface area contributed by atoms with Crippen LogP contribution in [0.2, 0.25) is 0 Å². The average Bonchev–Trinajstić information content (AvgIpc) is 3.03. The number of methoxy groups -OCH3 is 1. The first-order valence-electron chi connectivity index (χ1n) is 9.10. The number of para-hydroxylation sites is 2. The van der Waals surface area contributed by atoms with Gasteiger partial charge in [-0.3, -0.25) is 4.90 Å². The van der Waals surface area contributed by atoms with Crippen molar-refractivity contribution in [3.63, 3.8) is 0 Å². The summed E-state index contributed by atoms with van der Waals surface area (Å²) >= 11 is 0. The Labute approximate surface area is 144 Å². The van der Waals surface area contributed by atoms with Crippen molar-refractivity contribution in [1.82, 2.24) is 14.8 Å². The van der Waals surface area contributed by atoms with Crippen LogP contribution >= 0.6 is 0 Å². The summed E-state index contributed by atoms with van der Waals surface area (Å²) in [5, 5.41) is 0. The highest BCUT2D eigenvalue weighted by Gasteiger charge is 2.24. The predicted octanol–water partition coefficient (Wildman–Crippen LogP) is 2.80. The number of aryl methyl sites for hydroxylation is 1. The minimum absolute atomic E-state index is 0.651. The van der Waals surface area contributed by atoms with Crippen LogP contribution in [-0.2, 0) is 11.2 Å². The van der Waals surface area contributed by atoms with Crippen LogP contribution in [0.15, 0.2) is 28.7 Å². The number of benzene rings is 1. The highest BCUT2D eigenvalue weighted by Crippen LogP contribution is 2.17. The number of nitrogens with zero attached hydrogens (tertiary/aromatic N) is 3. The Morgan fingerprint density at radius 2 is 2.12 bits per heavy atom. The lowest BCUT2D eigenvalue weighted by atomic mass is 10.1. The van der Waals surface area contributed by atoms with Gasteiger partial charge in [0.1, 0.15) is 5.52 Å². The second-order valence-electron chi connectivity index (χ2n) is 6.57. The van der Waals surface area contributed by atoms with E-state index in [1.165, 1.54) is 6.42 Å². The summed E-state index contributed by atoms with van der Waals surface area (Å²) in [6, 6.07) is 8.64. The molecule has 0 N–H and O–H groups in total. The lowest BCUT2D eigenvalue weighted by Gasteiger charge is -2.41. The van der Waals surface area contributed by atoms with Gasteiger partial charge in [0.15, 0.2) is 11.5 Å². The number of ether oxygens (including phenoxy) is 1. The van der Waals surface area contributed by atoms with Gasteiger partial charge in [-0.05, 0) is 31.5 Å². The average molecular weight is 331 g/mol. The fourth-order valence-corrected chi connectivity index (χ4v) is 3.53. The molecule has 1 fully saturated rings. The van der Waals surface area contributed by atoms with Crippen molar-refractivity contribution in [3.8, 4) is 0 Å². The molecule has 0 bridgehead atoms. The number of oxazole rings is 1. The molecule has 3 rings (SSSR count). The zero-order valence-electron chi connectivity index (χ0n) is 14.9. The summed E-state index contributed by atoms with van der Waals surface area (Å²) in [6.45, 7) is 8.73. The second kappa shape index (κ2) is 8.60. The van der Waals surface area contributed by atoms with Gasteiger partial charge in [-0.1, -0.05) is 19.1 Å². The summed E-state index contributed by atoms with van der Waals surface area (Å²) in [5.41, 5.74) is 1.86. The number of hydrogen-bond donors (Lipinski definition) is 0. The number of rotatable bonds is 8. The zero-order chi connectivity index (χ0) is 16.8.